The molecule has 0 amide bonds. The number of quaternary nitrogens is 1. The summed E-state index contributed by atoms with van der Waals surface area (Å²) in [4.78, 5) is 4.45. The number of halogens is 4. The van der Waals surface area contributed by atoms with Crippen molar-refractivity contribution < 1.29 is 39.7 Å². The zero-order valence-electron chi connectivity index (χ0n) is 19.2. The van der Waals surface area contributed by atoms with Crippen molar-refractivity contribution in [2.75, 3.05) is 13.1 Å². The number of aromatic nitrogens is 1. The Morgan fingerprint density at radius 3 is 2.53 bits per heavy atom. The number of hydrogen-bond acceptors (Lipinski definition) is 2. The topological polar surface area (TPSA) is 33.1 Å². The first-order valence-electron chi connectivity index (χ1n) is 11.8. The molecule has 182 valence electrons. The molecule has 0 saturated carbocycles. The van der Waals surface area contributed by atoms with E-state index in [1.165, 1.54) is 12.1 Å². The maximum atomic E-state index is 13.1. The van der Waals surface area contributed by atoms with Gasteiger partial charge in [-0.15, -0.1) is 0 Å². The van der Waals surface area contributed by atoms with Gasteiger partial charge in [-0.05, 0) is 42.2 Å². The fraction of sp³-hybridized carbons (Fsp3) is 0.444. The number of alkyl halides is 3. The maximum absolute atomic E-state index is 13.1. The number of benzene rings is 2. The van der Waals surface area contributed by atoms with Crippen molar-refractivity contribution in [1.82, 2.24) is 4.98 Å². The molecular weight excluding hydrogens is 505 g/mol. The molecule has 2 bridgehead atoms. The molecule has 34 heavy (non-hydrogen) atoms. The number of hydrogen-bond donors (Lipinski definition) is 1. The maximum Gasteiger partial charge on any atom is 0.416 e. The van der Waals surface area contributed by atoms with E-state index in [4.69, 9.17) is 0 Å². The molecule has 3 saturated heterocycles. The number of para-hydroxylation sites is 1. The Bertz CT molecular complexity index is 1130. The Morgan fingerprint density at radius 1 is 1.09 bits per heavy atom. The molecular formula is C27H30BrF3N2O. The van der Waals surface area contributed by atoms with Gasteiger partial charge in [0.25, 0.3) is 0 Å². The summed E-state index contributed by atoms with van der Waals surface area (Å²) in [5.74, 6) is 1.18. The van der Waals surface area contributed by atoms with Crippen LogP contribution in [-0.2, 0) is 12.7 Å². The van der Waals surface area contributed by atoms with E-state index < -0.39 is 17.8 Å². The Balaban J connectivity index is 0.00000274. The highest BCUT2D eigenvalue weighted by Crippen LogP contribution is 2.48. The quantitative estimate of drug-likeness (QED) is 0.510. The molecule has 3 aliphatic rings. The molecule has 3 aliphatic heterocycles. The van der Waals surface area contributed by atoms with Gasteiger partial charge in [0.2, 0.25) is 0 Å². The van der Waals surface area contributed by atoms with E-state index in [9.17, 15) is 18.3 Å². The number of aliphatic hydroxyl groups excluding tert-OH is 1. The Kier molecular flexibility index (Phi) is 7.09. The van der Waals surface area contributed by atoms with Crippen LogP contribution in [0.1, 0.15) is 49.0 Å². The van der Waals surface area contributed by atoms with Crippen molar-refractivity contribution in [3.8, 4) is 0 Å². The van der Waals surface area contributed by atoms with E-state index in [2.05, 4.69) is 11.9 Å². The summed E-state index contributed by atoms with van der Waals surface area (Å²) in [7, 11) is 0. The molecule has 3 aromatic rings. The lowest BCUT2D eigenvalue weighted by Gasteiger charge is -2.58. The van der Waals surface area contributed by atoms with Crippen LogP contribution in [0.2, 0.25) is 0 Å². The van der Waals surface area contributed by atoms with Gasteiger partial charge in [0.05, 0.1) is 24.2 Å². The monoisotopic (exact) mass is 534 g/mol. The number of pyridine rings is 1. The van der Waals surface area contributed by atoms with Crippen LogP contribution in [0.25, 0.3) is 10.9 Å². The summed E-state index contributed by atoms with van der Waals surface area (Å²) in [6, 6.07) is 15.4. The Morgan fingerprint density at radius 2 is 1.82 bits per heavy atom. The van der Waals surface area contributed by atoms with E-state index in [0.717, 1.165) is 58.9 Å². The SMILES string of the molecule is CC[C@H]1C[N+]2(Cc3ccc(C(F)(F)F)cc3)CC[C@H]1C[C@@H]2[C@@H](O)c1ccnc2ccccc12.[Br-]. The van der Waals surface area contributed by atoms with Gasteiger partial charge in [0.1, 0.15) is 18.7 Å². The number of nitrogens with zero attached hydrogens (tertiary/aromatic N) is 2. The molecule has 2 aromatic carbocycles. The van der Waals surface area contributed by atoms with E-state index >= 15 is 0 Å². The summed E-state index contributed by atoms with van der Waals surface area (Å²) in [6.07, 6.45) is -0.0716. The van der Waals surface area contributed by atoms with Crippen LogP contribution in [-0.4, -0.2) is 33.7 Å². The molecule has 6 rings (SSSR count). The smallest absolute Gasteiger partial charge is 0.416 e. The molecule has 4 heterocycles. The Hall–Kier alpha value is -1.96. The van der Waals surface area contributed by atoms with Crippen LogP contribution in [0.4, 0.5) is 13.2 Å². The Labute approximate surface area is 209 Å². The zero-order chi connectivity index (χ0) is 23.2. The second-order valence-corrected chi connectivity index (χ2v) is 9.86. The standard InChI is InChI=1S/C27H30F3N2O.BrH/c1-2-19-17-32(16-18-7-9-21(10-8-18)27(28,29)30)14-12-20(19)15-25(32)26(33)23-11-13-31-24-6-4-3-5-22(23)24;/h3-11,13,19-20,25-26,33H,2,12,14-17H2,1H3;1H/q+1;/p-1/t19-,20-,25+,26-,32?;/m0./s1. The highest BCUT2D eigenvalue weighted by molar-refractivity contribution is 5.82. The molecule has 3 nitrogen and oxygen atoms in total. The lowest BCUT2D eigenvalue weighted by Crippen LogP contribution is -3.00. The van der Waals surface area contributed by atoms with E-state index in [1.807, 2.05) is 30.3 Å². The number of piperidine rings is 3. The van der Waals surface area contributed by atoms with E-state index in [1.54, 1.807) is 18.3 Å². The lowest BCUT2D eigenvalue weighted by molar-refractivity contribution is -0.985. The summed E-state index contributed by atoms with van der Waals surface area (Å²) >= 11 is 0. The van der Waals surface area contributed by atoms with Crippen molar-refractivity contribution in [2.24, 2.45) is 11.8 Å². The predicted molar refractivity (Wildman–Crippen MR) is 122 cm³/mol. The van der Waals surface area contributed by atoms with Gasteiger partial charge >= 0.3 is 6.18 Å². The van der Waals surface area contributed by atoms with Gasteiger partial charge in [-0.3, -0.25) is 4.98 Å². The molecule has 1 unspecified atom stereocenters. The zero-order valence-corrected chi connectivity index (χ0v) is 20.8. The van der Waals surface area contributed by atoms with Gasteiger partial charge < -0.3 is 26.6 Å². The minimum atomic E-state index is -4.33. The lowest BCUT2D eigenvalue weighted by atomic mass is 9.70. The average Bonchev–Trinajstić information content (AvgIpc) is 2.83. The third kappa shape index (κ3) is 4.50. The molecule has 5 atom stereocenters. The number of rotatable bonds is 5. The molecule has 0 radical (unpaired) electrons. The summed E-state index contributed by atoms with van der Waals surface area (Å²) < 4.78 is 39.9. The summed E-state index contributed by atoms with van der Waals surface area (Å²) in [6.45, 7) is 4.79. The van der Waals surface area contributed by atoms with Crippen LogP contribution in [0.15, 0.2) is 60.8 Å². The van der Waals surface area contributed by atoms with Crippen molar-refractivity contribution in [1.29, 1.82) is 0 Å². The highest BCUT2D eigenvalue weighted by atomic mass is 79.9. The molecule has 0 aliphatic carbocycles. The van der Waals surface area contributed by atoms with Crippen LogP contribution < -0.4 is 17.0 Å². The van der Waals surface area contributed by atoms with Crippen molar-refractivity contribution in [3.05, 3.63) is 77.5 Å². The van der Waals surface area contributed by atoms with Crippen molar-refractivity contribution >= 4 is 10.9 Å². The van der Waals surface area contributed by atoms with Gasteiger partial charge in [-0.25, -0.2) is 0 Å². The minimum Gasteiger partial charge on any atom is -1.00 e. The molecule has 1 aromatic heterocycles. The second-order valence-electron chi connectivity index (χ2n) is 9.86. The van der Waals surface area contributed by atoms with Gasteiger partial charge in [-0.1, -0.05) is 37.3 Å². The fourth-order valence-electron chi connectivity index (χ4n) is 6.41. The predicted octanol–water partition coefficient (Wildman–Crippen LogP) is 3.13. The average molecular weight is 535 g/mol. The van der Waals surface area contributed by atoms with E-state index in [0.29, 0.717) is 18.4 Å². The van der Waals surface area contributed by atoms with Crippen LogP contribution in [0.3, 0.4) is 0 Å². The van der Waals surface area contributed by atoms with E-state index in [-0.39, 0.29) is 23.0 Å². The van der Waals surface area contributed by atoms with Gasteiger partial charge in [-0.2, -0.15) is 13.2 Å². The van der Waals surface area contributed by atoms with Crippen molar-refractivity contribution in [3.63, 3.8) is 0 Å². The van der Waals surface area contributed by atoms with Crippen molar-refractivity contribution in [2.45, 2.75) is 51.1 Å². The van der Waals surface area contributed by atoms with Crippen LogP contribution in [0, 0.1) is 11.8 Å². The van der Waals surface area contributed by atoms with Gasteiger partial charge in [0, 0.05) is 35.9 Å². The number of fused-ring (bicyclic) bond motifs is 4. The minimum absolute atomic E-state index is 0. The first-order valence-corrected chi connectivity index (χ1v) is 11.8. The normalized spacial score (nSPS) is 27.4. The van der Waals surface area contributed by atoms with Crippen LogP contribution >= 0.6 is 0 Å². The molecule has 3 fully saturated rings. The fourth-order valence-corrected chi connectivity index (χ4v) is 6.41. The third-order valence-corrected chi connectivity index (χ3v) is 8.13. The molecule has 7 heteroatoms. The van der Waals surface area contributed by atoms with Crippen LogP contribution in [0.5, 0.6) is 0 Å². The van der Waals surface area contributed by atoms with Gasteiger partial charge in [0.15, 0.2) is 0 Å². The second kappa shape index (κ2) is 9.59. The summed E-state index contributed by atoms with van der Waals surface area (Å²) in [5, 5.41) is 12.7. The largest absolute Gasteiger partial charge is 1.00 e. The molecule has 1 N–H and O–H groups in total. The molecule has 0 spiro atoms. The first-order chi connectivity index (χ1) is 15.8. The third-order valence-electron chi connectivity index (χ3n) is 8.13. The summed E-state index contributed by atoms with van der Waals surface area (Å²) in [5.41, 5.74) is 2.05. The highest BCUT2D eigenvalue weighted by Gasteiger charge is 2.54. The number of aliphatic hydroxyl groups is 1. The first kappa shape index (κ1) is 25.1.